The summed E-state index contributed by atoms with van der Waals surface area (Å²) in [6.07, 6.45) is 3.86. The second-order valence-corrected chi connectivity index (χ2v) is 9.78. The van der Waals surface area contributed by atoms with Crippen molar-refractivity contribution < 1.29 is 17.5 Å². The van der Waals surface area contributed by atoms with Gasteiger partial charge in [-0.3, -0.25) is 5.41 Å². The molecule has 1 fully saturated rings. The number of nitrogens with zero attached hydrogens (tertiary/aromatic N) is 4. The average molecular weight is 445 g/mol. The van der Waals surface area contributed by atoms with Crippen molar-refractivity contribution in [3.8, 4) is 5.75 Å². The van der Waals surface area contributed by atoms with Crippen LogP contribution in [0.15, 0.2) is 30.9 Å². The molecule has 0 aliphatic carbocycles. The third kappa shape index (κ3) is 3.74. The van der Waals surface area contributed by atoms with E-state index in [1.54, 1.807) is 13.0 Å². The Morgan fingerprint density at radius 3 is 2.74 bits per heavy atom. The quantitative estimate of drug-likeness (QED) is 0.549. The Balaban J connectivity index is 1.73. The fourth-order valence-electron chi connectivity index (χ4n) is 3.47. The number of nitrogens with one attached hydrogen (secondary N) is 3. The highest BCUT2D eigenvalue weighted by Crippen LogP contribution is 2.32. The van der Waals surface area contributed by atoms with Crippen molar-refractivity contribution in [1.29, 1.82) is 5.41 Å². The monoisotopic (exact) mass is 445 g/mol. The Morgan fingerprint density at radius 2 is 2.03 bits per heavy atom. The van der Waals surface area contributed by atoms with Crippen LogP contribution in [0.25, 0.3) is 11.0 Å². The SMILES string of the molecule is COc1cnc2c(Nc3cc([C@]4(C)CS(=O)(=O)[C@H](C)C(=N)N4)c(F)cn3)ncnc2c1. The van der Waals surface area contributed by atoms with Crippen molar-refractivity contribution in [3.63, 3.8) is 0 Å². The topological polar surface area (TPSA) is 143 Å². The van der Waals surface area contributed by atoms with Crippen molar-refractivity contribution in [1.82, 2.24) is 25.3 Å². The number of sulfone groups is 1. The van der Waals surface area contributed by atoms with E-state index in [4.69, 9.17) is 10.1 Å². The molecule has 3 aromatic rings. The first-order chi connectivity index (χ1) is 14.6. The van der Waals surface area contributed by atoms with E-state index in [2.05, 4.69) is 30.6 Å². The molecule has 0 unspecified atom stereocenters. The summed E-state index contributed by atoms with van der Waals surface area (Å²) in [5.74, 6) is -0.115. The van der Waals surface area contributed by atoms with Crippen LogP contribution < -0.4 is 15.4 Å². The Hall–Kier alpha value is -3.41. The average Bonchev–Trinajstić information content (AvgIpc) is 2.72. The molecule has 2 atom stereocenters. The molecule has 0 aromatic carbocycles. The van der Waals surface area contributed by atoms with Gasteiger partial charge in [0.2, 0.25) is 0 Å². The molecule has 4 rings (SSSR count). The number of pyridine rings is 2. The smallest absolute Gasteiger partial charge is 0.162 e. The van der Waals surface area contributed by atoms with Crippen LogP contribution in [-0.2, 0) is 15.4 Å². The molecule has 0 radical (unpaired) electrons. The molecule has 0 spiro atoms. The zero-order valence-corrected chi connectivity index (χ0v) is 17.8. The highest BCUT2D eigenvalue weighted by Gasteiger charge is 2.44. The minimum atomic E-state index is -3.63. The summed E-state index contributed by atoms with van der Waals surface area (Å²) in [4.78, 5) is 16.7. The van der Waals surface area contributed by atoms with E-state index in [9.17, 15) is 12.8 Å². The number of anilines is 2. The van der Waals surface area contributed by atoms with Crippen molar-refractivity contribution in [2.45, 2.75) is 24.6 Å². The van der Waals surface area contributed by atoms with Gasteiger partial charge in [-0.25, -0.2) is 32.7 Å². The Kier molecular flexibility index (Phi) is 4.96. The van der Waals surface area contributed by atoms with Gasteiger partial charge in [0.25, 0.3) is 0 Å². The summed E-state index contributed by atoms with van der Waals surface area (Å²) in [6, 6.07) is 3.10. The molecular weight excluding hydrogens is 425 g/mol. The molecule has 31 heavy (non-hydrogen) atoms. The number of hydrogen-bond acceptors (Lipinski definition) is 9. The van der Waals surface area contributed by atoms with Crippen LogP contribution in [0.4, 0.5) is 16.0 Å². The third-order valence-electron chi connectivity index (χ3n) is 5.23. The number of fused-ring (bicyclic) bond motifs is 1. The summed E-state index contributed by atoms with van der Waals surface area (Å²) in [5, 5.41) is 12.9. The molecule has 162 valence electrons. The molecular formula is C19H20FN7O3S. The Bertz CT molecular complexity index is 1300. The van der Waals surface area contributed by atoms with E-state index in [0.717, 1.165) is 6.20 Å². The zero-order valence-electron chi connectivity index (χ0n) is 17.0. The minimum absolute atomic E-state index is 0.0678. The second-order valence-electron chi connectivity index (χ2n) is 7.46. The normalized spacial score (nSPS) is 22.7. The van der Waals surface area contributed by atoms with Gasteiger partial charge in [-0.15, -0.1) is 0 Å². The maximum Gasteiger partial charge on any atom is 0.162 e. The minimum Gasteiger partial charge on any atom is -0.495 e. The lowest BCUT2D eigenvalue weighted by Crippen LogP contribution is -2.59. The first-order valence-electron chi connectivity index (χ1n) is 9.29. The second kappa shape index (κ2) is 7.38. The van der Waals surface area contributed by atoms with E-state index in [-0.39, 0.29) is 23.0 Å². The first-order valence-corrected chi connectivity index (χ1v) is 11.0. The number of halogens is 1. The van der Waals surface area contributed by atoms with Gasteiger partial charge in [-0.2, -0.15) is 0 Å². The molecule has 1 saturated heterocycles. The first kappa shape index (κ1) is 20.8. The van der Waals surface area contributed by atoms with Crippen molar-refractivity contribution in [2.75, 3.05) is 18.2 Å². The molecule has 0 bridgehead atoms. The van der Waals surface area contributed by atoms with Crippen LogP contribution in [-0.4, -0.2) is 52.3 Å². The lowest BCUT2D eigenvalue weighted by molar-refractivity contribution is 0.413. The largest absolute Gasteiger partial charge is 0.495 e. The molecule has 1 aliphatic heterocycles. The molecule has 3 aromatic heterocycles. The fourth-order valence-corrected chi connectivity index (χ4v) is 5.17. The number of rotatable bonds is 4. The van der Waals surface area contributed by atoms with Gasteiger partial charge in [0, 0.05) is 11.6 Å². The van der Waals surface area contributed by atoms with E-state index in [1.165, 1.54) is 32.6 Å². The maximum absolute atomic E-state index is 14.7. The van der Waals surface area contributed by atoms with Gasteiger partial charge in [0.05, 0.1) is 36.3 Å². The number of methoxy groups -OCH3 is 1. The van der Waals surface area contributed by atoms with Gasteiger partial charge in [0.1, 0.15) is 40.3 Å². The molecule has 12 heteroatoms. The predicted molar refractivity (Wildman–Crippen MR) is 113 cm³/mol. The van der Waals surface area contributed by atoms with Crippen molar-refractivity contribution >= 4 is 38.3 Å². The fraction of sp³-hybridized carbons (Fsp3) is 0.316. The van der Waals surface area contributed by atoms with Gasteiger partial charge >= 0.3 is 0 Å². The molecule has 3 N–H and O–H groups in total. The number of aromatic nitrogens is 4. The summed E-state index contributed by atoms with van der Waals surface area (Å²) < 4.78 is 44.8. The van der Waals surface area contributed by atoms with E-state index >= 15 is 0 Å². The van der Waals surface area contributed by atoms with Gasteiger partial charge in [0.15, 0.2) is 15.7 Å². The predicted octanol–water partition coefficient (Wildman–Crippen LogP) is 1.91. The van der Waals surface area contributed by atoms with Crippen LogP contribution in [0.1, 0.15) is 19.4 Å². The summed E-state index contributed by atoms with van der Waals surface area (Å²) in [7, 11) is -2.11. The summed E-state index contributed by atoms with van der Waals surface area (Å²) in [6.45, 7) is 2.98. The number of hydrogen-bond donors (Lipinski definition) is 3. The Morgan fingerprint density at radius 1 is 1.26 bits per heavy atom. The maximum atomic E-state index is 14.7. The van der Waals surface area contributed by atoms with Crippen LogP contribution in [0.3, 0.4) is 0 Å². The zero-order chi connectivity index (χ0) is 22.4. The highest BCUT2D eigenvalue weighted by molar-refractivity contribution is 7.92. The molecule has 0 amide bonds. The van der Waals surface area contributed by atoms with Crippen molar-refractivity contribution in [3.05, 3.63) is 42.2 Å². The standard InChI is InChI=1S/C19H20FN7O3S/c1-10-17(21)27-19(2,8-31(10,28)29)12-5-15(22-7-13(12)20)26-18-16-14(24-9-25-18)4-11(30-3)6-23-16/h4-7,9-10H,8H2,1-3H3,(H2,21,27)(H,22,24,25,26)/t10-,19+/m1/s1. The third-order valence-corrected chi connectivity index (χ3v) is 7.52. The van der Waals surface area contributed by atoms with Gasteiger partial charge in [-0.05, 0) is 19.9 Å². The van der Waals surface area contributed by atoms with E-state index in [0.29, 0.717) is 22.6 Å². The molecule has 4 heterocycles. The van der Waals surface area contributed by atoms with Crippen LogP contribution in [0.5, 0.6) is 5.75 Å². The van der Waals surface area contributed by atoms with E-state index < -0.39 is 26.4 Å². The van der Waals surface area contributed by atoms with Gasteiger partial charge < -0.3 is 15.4 Å². The van der Waals surface area contributed by atoms with Crippen LogP contribution in [0.2, 0.25) is 0 Å². The highest BCUT2D eigenvalue weighted by atomic mass is 32.2. The van der Waals surface area contributed by atoms with Crippen LogP contribution >= 0.6 is 0 Å². The summed E-state index contributed by atoms with van der Waals surface area (Å²) >= 11 is 0. The van der Waals surface area contributed by atoms with Gasteiger partial charge in [-0.1, -0.05) is 0 Å². The number of amidine groups is 1. The molecule has 1 aliphatic rings. The lowest BCUT2D eigenvalue weighted by Gasteiger charge is -2.38. The molecule has 10 nitrogen and oxygen atoms in total. The van der Waals surface area contributed by atoms with E-state index in [1.807, 2.05) is 0 Å². The summed E-state index contributed by atoms with van der Waals surface area (Å²) in [5.41, 5.74) is -0.270. The molecule has 0 saturated carbocycles. The van der Waals surface area contributed by atoms with Crippen LogP contribution in [0, 0.1) is 11.2 Å². The lowest BCUT2D eigenvalue weighted by atomic mass is 9.93. The number of ether oxygens (including phenoxy) is 1. The Labute approximate surface area is 177 Å². The van der Waals surface area contributed by atoms with Crippen molar-refractivity contribution in [2.24, 2.45) is 0 Å².